The Morgan fingerprint density at radius 3 is 2.89 bits per heavy atom. The van der Waals surface area contributed by atoms with Gasteiger partial charge in [-0.15, -0.1) is 0 Å². The first kappa shape index (κ1) is 16.8. The lowest BCUT2D eigenvalue weighted by molar-refractivity contribution is -0.125. The van der Waals surface area contributed by atoms with Crippen LogP contribution >= 0.6 is 0 Å². The number of aromatic nitrogens is 4. The molecule has 0 aliphatic carbocycles. The van der Waals surface area contributed by atoms with Gasteiger partial charge in [-0.3, -0.25) is 23.6 Å². The van der Waals surface area contributed by atoms with Gasteiger partial charge in [-0.25, -0.2) is 4.98 Å². The first-order valence-corrected chi connectivity index (χ1v) is 8.18. The Hall–Kier alpha value is -3.69. The smallest absolute Gasteiger partial charge is 0.264 e. The quantitative estimate of drug-likeness (QED) is 0.659. The van der Waals surface area contributed by atoms with Gasteiger partial charge in [0.05, 0.1) is 18.4 Å². The highest BCUT2D eigenvalue weighted by Crippen LogP contribution is 2.33. The van der Waals surface area contributed by atoms with E-state index >= 15 is 0 Å². The summed E-state index contributed by atoms with van der Waals surface area (Å²) in [7, 11) is 1.68. The average molecular weight is 368 g/mol. The number of rotatable bonds is 3. The number of carbonyl (C=O) groups is 2. The topological polar surface area (TPSA) is 125 Å². The molecule has 0 unspecified atom stereocenters. The van der Waals surface area contributed by atoms with Crippen LogP contribution in [0.15, 0.2) is 41.6 Å². The summed E-state index contributed by atoms with van der Waals surface area (Å²) in [6.45, 7) is -0.265. The summed E-state index contributed by atoms with van der Waals surface area (Å²) in [5, 5.41) is 4.33. The summed E-state index contributed by atoms with van der Waals surface area (Å²) in [5.74, 6) is -0.670. The van der Waals surface area contributed by atoms with Crippen molar-refractivity contribution in [3.63, 3.8) is 0 Å². The Kier molecular flexibility index (Phi) is 3.87. The van der Waals surface area contributed by atoms with Gasteiger partial charge in [0.15, 0.2) is 11.8 Å². The number of ether oxygens (including phenoxy) is 1. The van der Waals surface area contributed by atoms with E-state index in [4.69, 9.17) is 10.5 Å². The summed E-state index contributed by atoms with van der Waals surface area (Å²) >= 11 is 0. The molecule has 10 heteroatoms. The highest BCUT2D eigenvalue weighted by Gasteiger charge is 2.32. The fourth-order valence-electron chi connectivity index (χ4n) is 3.03. The van der Waals surface area contributed by atoms with E-state index in [1.165, 1.54) is 26.7 Å². The minimum absolute atomic E-state index is 0.0253. The van der Waals surface area contributed by atoms with Gasteiger partial charge in [-0.1, -0.05) is 12.1 Å². The molecule has 0 saturated heterocycles. The van der Waals surface area contributed by atoms with Crippen molar-refractivity contribution in [3.05, 3.63) is 47.1 Å². The van der Waals surface area contributed by atoms with Crippen molar-refractivity contribution in [2.75, 3.05) is 11.4 Å². The van der Waals surface area contributed by atoms with E-state index in [0.717, 1.165) is 0 Å². The number of carbonyl (C=O) groups excluding carboxylic acids is 2. The molecule has 138 valence electrons. The molecule has 2 N–H and O–H groups in total. The van der Waals surface area contributed by atoms with Crippen molar-refractivity contribution in [1.29, 1.82) is 0 Å². The Morgan fingerprint density at radius 2 is 2.11 bits per heavy atom. The van der Waals surface area contributed by atoms with Crippen LogP contribution in [0.3, 0.4) is 0 Å². The largest absolute Gasteiger partial charge is 0.477 e. The van der Waals surface area contributed by atoms with Crippen molar-refractivity contribution in [1.82, 2.24) is 19.3 Å². The molecule has 10 nitrogen and oxygen atoms in total. The standard InChI is InChI=1S/C17H16N6O4/c1-21-16-10(6-20-21)17(26)22(9-19-16)8-14(24)23-7-13(15(18)25)27-12-5-3-2-4-11(12)23/h2-6,9,13H,7-8H2,1H3,(H2,18,25)/t13-/m1/s1. The second-order valence-corrected chi connectivity index (χ2v) is 6.16. The minimum atomic E-state index is -0.959. The number of aryl methyl sites for hydroxylation is 1. The van der Waals surface area contributed by atoms with Crippen LogP contribution in [0.1, 0.15) is 0 Å². The number of para-hydroxylation sites is 2. The summed E-state index contributed by atoms with van der Waals surface area (Å²) in [6, 6.07) is 6.84. The van der Waals surface area contributed by atoms with E-state index in [1.807, 2.05) is 0 Å². The lowest BCUT2D eigenvalue weighted by atomic mass is 10.1. The van der Waals surface area contributed by atoms with Crippen molar-refractivity contribution < 1.29 is 14.3 Å². The maximum absolute atomic E-state index is 12.9. The maximum Gasteiger partial charge on any atom is 0.264 e. The molecule has 3 aromatic rings. The van der Waals surface area contributed by atoms with E-state index in [0.29, 0.717) is 22.5 Å². The average Bonchev–Trinajstić information content (AvgIpc) is 3.04. The van der Waals surface area contributed by atoms with Gasteiger partial charge >= 0.3 is 0 Å². The molecule has 27 heavy (non-hydrogen) atoms. The van der Waals surface area contributed by atoms with Crippen molar-refractivity contribution in [2.45, 2.75) is 12.6 Å². The molecule has 1 aliphatic heterocycles. The Morgan fingerprint density at radius 1 is 1.33 bits per heavy atom. The zero-order valence-electron chi connectivity index (χ0n) is 14.4. The molecule has 0 spiro atoms. The fourth-order valence-corrected chi connectivity index (χ4v) is 3.03. The van der Waals surface area contributed by atoms with Crippen molar-refractivity contribution in [3.8, 4) is 5.75 Å². The first-order valence-electron chi connectivity index (χ1n) is 8.18. The second-order valence-electron chi connectivity index (χ2n) is 6.16. The number of fused-ring (bicyclic) bond motifs is 2. The zero-order valence-corrected chi connectivity index (χ0v) is 14.4. The van der Waals surface area contributed by atoms with Crippen LogP contribution in [0.5, 0.6) is 5.75 Å². The van der Waals surface area contributed by atoms with Gasteiger partial charge in [0.25, 0.3) is 11.5 Å². The van der Waals surface area contributed by atoms with Gasteiger partial charge in [0.1, 0.15) is 24.0 Å². The number of nitrogens with zero attached hydrogens (tertiary/aromatic N) is 5. The lowest BCUT2D eigenvalue weighted by Crippen LogP contribution is -2.50. The molecule has 1 atom stereocenters. The molecule has 2 aromatic heterocycles. The predicted molar refractivity (Wildman–Crippen MR) is 95.2 cm³/mol. The van der Waals surface area contributed by atoms with Crippen LogP contribution < -0.4 is 20.9 Å². The van der Waals surface area contributed by atoms with Crippen LogP contribution in [0.4, 0.5) is 5.69 Å². The third-order valence-corrected chi connectivity index (χ3v) is 4.42. The summed E-state index contributed by atoms with van der Waals surface area (Å²) in [6.07, 6.45) is 1.76. The van der Waals surface area contributed by atoms with Gasteiger partial charge in [0, 0.05) is 7.05 Å². The van der Waals surface area contributed by atoms with E-state index in [9.17, 15) is 14.4 Å². The number of hydrogen-bond acceptors (Lipinski definition) is 6. The van der Waals surface area contributed by atoms with Crippen molar-refractivity contribution >= 4 is 28.5 Å². The number of nitrogens with two attached hydrogens (primary N) is 1. The third kappa shape index (κ3) is 2.80. The summed E-state index contributed by atoms with van der Waals surface area (Å²) in [5.41, 5.74) is 5.94. The van der Waals surface area contributed by atoms with E-state index in [-0.39, 0.29) is 24.6 Å². The Bertz CT molecular complexity index is 1120. The number of benzene rings is 1. The Balaban J connectivity index is 1.67. The van der Waals surface area contributed by atoms with Crippen molar-refractivity contribution in [2.24, 2.45) is 12.8 Å². The molecule has 0 saturated carbocycles. The molecule has 2 amide bonds. The minimum Gasteiger partial charge on any atom is -0.477 e. The number of hydrogen-bond donors (Lipinski definition) is 1. The number of amides is 2. The molecule has 0 fully saturated rings. The molecule has 4 rings (SSSR count). The SMILES string of the molecule is Cn1ncc2c(=O)n(CC(=O)N3C[C@H](C(N)=O)Oc4ccccc43)cnc21. The molecular formula is C17H16N6O4. The highest BCUT2D eigenvalue weighted by atomic mass is 16.5. The van der Waals surface area contributed by atoms with Gasteiger partial charge in [0.2, 0.25) is 5.91 Å². The maximum atomic E-state index is 12.9. The predicted octanol–water partition coefficient (Wildman–Crippen LogP) is -0.590. The van der Waals surface area contributed by atoms with Gasteiger partial charge < -0.3 is 15.4 Å². The van der Waals surface area contributed by atoms with Crippen LogP contribution in [-0.4, -0.2) is 43.8 Å². The molecule has 0 bridgehead atoms. The van der Waals surface area contributed by atoms with Crippen LogP contribution in [0, 0.1) is 0 Å². The molecule has 1 aliphatic rings. The molecule has 3 heterocycles. The summed E-state index contributed by atoms with van der Waals surface area (Å²) in [4.78, 5) is 42.6. The number of anilines is 1. The monoisotopic (exact) mass is 368 g/mol. The van der Waals surface area contributed by atoms with E-state index < -0.39 is 12.0 Å². The van der Waals surface area contributed by atoms with E-state index in [2.05, 4.69) is 10.1 Å². The van der Waals surface area contributed by atoms with Crippen LogP contribution in [-0.2, 0) is 23.2 Å². The Labute approximate surface area is 152 Å². The zero-order chi connectivity index (χ0) is 19.1. The first-order chi connectivity index (χ1) is 13.0. The number of primary amides is 1. The second kappa shape index (κ2) is 6.24. The van der Waals surface area contributed by atoms with Gasteiger partial charge in [-0.2, -0.15) is 5.10 Å². The van der Waals surface area contributed by atoms with Crippen LogP contribution in [0.25, 0.3) is 11.0 Å². The van der Waals surface area contributed by atoms with Gasteiger partial charge in [-0.05, 0) is 12.1 Å². The lowest BCUT2D eigenvalue weighted by Gasteiger charge is -2.33. The fraction of sp³-hybridized carbons (Fsp3) is 0.235. The third-order valence-electron chi connectivity index (χ3n) is 4.42. The molecular weight excluding hydrogens is 352 g/mol. The molecule has 0 radical (unpaired) electrons. The van der Waals surface area contributed by atoms with E-state index in [1.54, 1.807) is 31.3 Å². The van der Waals surface area contributed by atoms with Crippen LogP contribution in [0.2, 0.25) is 0 Å². The summed E-state index contributed by atoms with van der Waals surface area (Å²) < 4.78 is 8.24. The normalized spacial score (nSPS) is 16.0. The molecule has 1 aromatic carbocycles. The highest BCUT2D eigenvalue weighted by molar-refractivity contribution is 5.97.